The maximum absolute atomic E-state index is 9.65. The summed E-state index contributed by atoms with van der Waals surface area (Å²) in [6.45, 7) is 0. The van der Waals surface area contributed by atoms with E-state index in [-0.39, 0.29) is 6.42 Å². The molecule has 38 valence electrons. The first-order valence-corrected chi connectivity index (χ1v) is 2.65. The van der Waals surface area contributed by atoms with E-state index in [1.165, 1.54) is 0 Å². The Morgan fingerprint density at radius 3 is 2.57 bits per heavy atom. The third-order valence-corrected chi connectivity index (χ3v) is 0.688. The molecule has 0 fully saturated rings. The summed E-state index contributed by atoms with van der Waals surface area (Å²) in [6, 6.07) is 0. The molecule has 0 aromatic heterocycles. The number of halogens is 1. The Bertz CT molecular complexity index is 119. The summed E-state index contributed by atoms with van der Waals surface area (Å²) in [5, 5.41) is 7.94. The SMILES string of the molecule is O=C(O)CC#CI. The van der Waals surface area contributed by atoms with Crippen molar-refractivity contribution in [1.82, 2.24) is 0 Å². The van der Waals surface area contributed by atoms with E-state index < -0.39 is 5.97 Å². The van der Waals surface area contributed by atoms with Crippen LogP contribution >= 0.6 is 22.6 Å². The number of aliphatic carboxylic acids is 1. The first-order valence-electron chi connectivity index (χ1n) is 1.57. The number of hydrogen-bond acceptors (Lipinski definition) is 1. The third-order valence-electron chi connectivity index (χ3n) is 0.306. The van der Waals surface area contributed by atoms with Gasteiger partial charge in [-0.05, 0) is 3.93 Å². The number of carboxylic acids is 1. The van der Waals surface area contributed by atoms with Crippen LogP contribution in [0, 0.1) is 9.85 Å². The van der Waals surface area contributed by atoms with Crippen molar-refractivity contribution in [3.05, 3.63) is 0 Å². The molecule has 0 spiro atoms. The Morgan fingerprint density at radius 1 is 1.86 bits per heavy atom. The molecule has 0 unspecified atom stereocenters. The minimum absolute atomic E-state index is 0.0526. The van der Waals surface area contributed by atoms with E-state index in [1.54, 1.807) is 22.6 Å². The Morgan fingerprint density at radius 2 is 2.43 bits per heavy atom. The van der Waals surface area contributed by atoms with E-state index >= 15 is 0 Å². The monoisotopic (exact) mass is 210 g/mol. The summed E-state index contributed by atoms with van der Waals surface area (Å²) < 4.78 is 2.44. The quantitative estimate of drug-likeness (QED) is 0.514. The van der Waals surface area contributed by atoms with Gasteiger partial charge in [0, 0.05) is 22.6 Å². The molecule has 7 heavy (non-hydrogen) atoms. The zero-order valence-corrected chi connectivity index (χ0v) is 5.60. The summed E-state index contributed by atoms with van der Waals surface area (Å²) >= 11 is 1.80. The highest BCUT2D eigenvalue weighted by Crippen LogP contribution is 1.76. The summed E-state index contributed by atoms with van der Waals surface area (Å²) in [7, 11) is 0. The molecule has 0 saturated carbocycles. The van der Waals surface area contributed by atoms with Gasteiger partial charge >= 0.3 is 5.97 Å². The van der Waals surface area contributed by atoms with Crippen molar-refractivity contribution in [1.29, 1.82) is 0 Å². The number of carbonyl (C=O) groups is 1. The van der Waals surface area contributed by atoms with E-state index in [0.29, 0.717) is 0 Å². The standard InChI is InChI=1S/C4H3IO2/c5-3-1-2-4(6)7/h2H2,(H,6,7). The molecule has 0 atom stereocenters. The fourth-order valence-corrected chi connectivity index (χ4v) is 0.300. The van der Waals surface area contributed by atoms with E-state index in [1.807, 2.05) is 0 Å². The number of rotatable bonds is 1. The van der Waals surface area contributed by atoms with E-state index in [4.69, 9.17) is 5.11 Å². The molecule has 0 aliphatic heterocycles. The lowest BCUT2D eigenvalue weighted by molar-refractivity contribution is -0.135. The van der Waals surface area contributed by atoms with Crippen molar-refractivity contribution < 1.29 is 9.90 Å². The predicted octanol–water partition coefficient (Wildman–Crippen LogP) is 0.857. The number of carboxylic acid groups (broad SMARTS) is 1. The van der Waals surface area contributed by atoms with Gasteiger partial charge in [0.25, 0.3) is 0 Å². The second-order valence-electron chi connectivity index (χ2n) is 0.842. The van der Waals surface area contributed by atoms with E-state index in [2.05, 4.69) is 9.85 Å². The molecule has 0 saturated heterocycles. The van der Waals surface area contributed by atoms with Gasteiger partial charge in [-0.25, -0.2) is 0 Å². The first kappa shape index (κ1) is 6.76. The molecule has 2 nitrogen and oxygen atoms in total. The third kappa shape index (κ3) is 5.76. The fourth-order valence-electron chi connectivity index (χ4n) is 0.109. The van der Waals surface area contributed by atoms with Crippen molar-refractivity contribution >= 4 is 28.6 Å². The molecule has 3 heteroatoms. The zero-order chi connectivity index (χ0) is 5.70. The van der Waals surface area contributed by atoms with Gasteiger partial charge in [-0.2, -0.15) is 0 Å². The molecule has 0 bridgehead atoms. The van der Waals surface area contributed by atoms with Crippen molar-refractivity contribution in [2.24, 2.45) is 0 Å². The molecule has 0 amide bonds. The summed E-state index contributed by atoms with van der Waals surface area (Å²) in [5.74, 6) is 1.51. The molecule has 0 aliphatic carbocycles. The highest BCUT2D eigenvalue weighted by Gasteiger charge is 1.85. The summed E-state index contributed by atoms with van der Waals surface area (Å²) in [5.41, 5.74) is 0. The van der Waals surface area contributed by atoms with Crippen LogP contribution in [-0.2, 0) is 4.79 Å². The lowest BCUT2D eigenvalue weighted by Gasteiger charge is -1.73. The molecule has 0 aliphatic rings. The van der Waals surface area contributed by atoms with E-state index in [0.717, 1.165) is 0 Å². The van der Waals surface area contributed by atoms with Crippen LogP contribution in [0.15, 0.2) is 0 Å². The smallest absolute Gasteiger partial charge is 0.315 e. The lowest BCUT2D eigenvalue weighted by atomic mass is 10.5. The molecular weight excluding hydrogens is 207 g/mol. The average Bonchev–Trinajstić information content (AvgIpc) is 1.61. The predicted molar refractivity (Wildman–Crippen MR) is 34.0 cm³/mol. The molecule has 0 aromatic rings. The zero-order valence-electron chi connectivity index (χ0n) is 3.44. The molecule has 0 aromatic carbocycles. The van der Waals surface area contributed by atoms with Crippen LogP contribution in [0.3, 0.4) is 0 Å². The topological polar surface area (TPSA) is 37.3 Å². The molecule has 0 radical (unpaired) electrons. The Hall–Kier alpha value is -0.240. The Balaban J connectivity index is 3.26. The van der Waals surface area contributed by atoms with Gasteiger partial charge in [0.1, 0.15) is 6.42 Å². The highest BCUT2D eigenvalue weighted by atomic mass is 127. The molecule has 0 rings (SSSR count). The van der Waals surface area contributed by atoms with Crippen LogP contribution < -0.4 is 0 Å². The normalized spacial score (nSPS) is 6.43. The maximum atomic E-state index is 9.65. The highest BCUT2D eigenvalue weighted by molar-refractivity contribution is 14.1. The van der Waals surface area contributed by atoms with Gasteiger partial charge in [-0.3, -0.25) is 4.79 Å². The van der Waals surface area contributed by atoms with Crippen LogP contribution in [-0.4, -0.2) is 11.1 Å². The van der Waals surface area contributed by atoms with Gasteiger partial charge in [-0.1, -0.05) is 5.92 Å². The first-order chi connectivity index (χ1) is 3.27. The Labute approximate surface area is 55.1 Å². The van der Waals surface area contributed by atoms with Gasteiger partial charge in [0.05, 0.1) is 0 Å². The van der Waals surface area contributed by atoms with Gasteiger partial charge in [0.2, 0.25) is 0 Å². The maximum Gasteiger partial charge on any atom is 0.315 e. The second kappa shape index (κ2) is 3.93. The van der Waals surface area contributed by atoms with Gasteiger partial charge in [0.15, 0.2) is 0 Å². The summed E-state index contributed by atoms with van der Waals surface area (Å²) in [6.07, 6.45) is -0.0526. The van der Waals surface area contributed by atoms with Crippen molar-refractivity contribution in [3.63, 3.8) is 0 Å². The van der Waals surface area contributed by atoms with Crippen LogP contribution in [0.4, 0.5) is 0 Å². The van der Waals surface area contributed by atoms with E-state index in [9.17, 15) is 4.79 Å². The van der Waals surface area contributed by atoms with Crippen molar-refractivity contribution in [2.45, 2.75) is 6.42 Å². The minimum Gasteiger partial charge on any atom is -0.481 e. The van der Waals surface area contributed by atoms with Crippen LogP contribution in [0.5, 0.6) is 0 Å². The van der Waals surface area contributed by atoms with Gasteiger partial charge < -0.3 is 5.11 Å². The summed E-state index contributed by atoms with van der Waals surface area (Å²) in [4.78, 5) is 9.65. The number of hydrogen-bond donors (Lipinski definition) is 1. The van der Waals surface area contributed by atoms with Crippen molar-refractivity contribution in [2.75, 3.05) is 0 Å². The van der Waals surface area contributed by atoms with Gasteiger partial charge in [-0.15, -0.1) is 0 Å². The van der Waals surface area contributed by atoms with Crippen LogP contribution in [0.1, 0.15) is 6.42 Å². The lowest BCUT2D eigenvalue weighted by Crippen LogP contribution is -1.89. The molecule has 1 N–H and O–H groups in total. The average molecular weight is 210 g/mol. The van der Waals surface area contributed by atoms with Crippen LogP contribution in [0.25, 0.3) is 0 Å². The molecular formula is C4H3IO2. The Kier molecular flexibility index (Phi) is 3.80. The fraction of sp³-hybridized carbons (Fsp3) is 0.250. The largest absolute Gasteiger partial charge is 0.481 e. The van der Waals surface area contributed by atoms with Crippen LogP contribution in [0.2, 0.25) is 0 Å². The minimum atomic E-state index is -0.871. The second-order valence-corrected chi connectivity index (χ2v) is 1.38. The molecule has 0 heterocycles. The van der Waals surface area contributed by atoms with Crippen molar-refractivity contribution in [3.8, 4) is 9.85 Å².